The second-order valence-corrected chi connectivity index (χ2v) is 11.7. The Kier molecular flexibility index (Phi) is 4.83. The monoisotopic (exact) mass is 480 g/mol. The Hall–Kier alpha value is -2.08. The van der Waals surface area contributed by atoms with Crippen LogP contribution < -0.4 is 0 Å². The van der Waals surface area contributed by atoms with E-state index in [1.54, 1.807) is 19.0 Å². The predicted octanol–water partition coefficient (Wildman–Crippen LogP) is 2.72. The minimum Gasteiger partial charge on any atom is -0.389 e. The average molecular weight is 481 g/mol. The Morgan fingerprint density at radius 2 is 1.83 bits per heavy atom. The molecule has 0 radical (unpaired) electrons. The molecule has 2 heterocycles. The van der Waals surface area contributed by atoms with Crippen molar-refractivity contribution in [3.63, 3.8) is 0 Å². The van der Waals surface area contributed by atoms with Gasteiger partial charge < -0.3 is 25.0 Å². The van der Waals surface area contributed by atoms with Gasteiger partial charge in [0.1, 0.15) is 17.8 Å². The molecule has 186 valence electrons. The van der Waals surface area contributed by atoms with Crippen molar-refractivity contribution < 1.29 is 24.4 Å². The standard InChI is InChI=1S/C28H33FN2O4/c1-25-11-10-19-23(33)28(29)24(34)22(32)20(31(2)3)14-26(28)12-13-27(19,35-26)21(25)9-8-18(25)17-6-4-16(15-30)5-7-17/h4-8,10,20-24,32-34H,9,11-14H2,1-3H3. The first kappa shape index (κ1) is 23.3. The fourth-order valence-electron chi connectivity index (χ4n) is 8.25. The van der Waals surface area contributed by atoms with Gasteiger partial charge in [-0.25, -0.2) is 4.39 Å². The van der Waals surface area contributed by atoms with Gasteiger partial charge in [-0.05, 0) is 75.0 Å². The van der Waals surface area contributed by atoms with Crippen molar-refractivity contribution in [2.45, 2.75) is 80.3 Å². The van der Waals surface area contributed by atoms with E-state index in [0.29, 0.717) is 30.4 Å². The third-order valence-electron chi connectivity index (χ3n) is 10.1. The van der Waals surface area contributed by atoms with Gasteiger partial charge in [0, 0.05) is 17.4 Å². The van der Waals surface area contributed by atoms with Crippen LogP contribution in [-0.2, 0) is 4.74 Å². The molecule has 3 fully saturated rings. The molecule has 3 aliphatic carbocycles. The van der Waals surface area contributed by atoms with Crippen molar-refractivity contribution in [3.05, 3.63) is 53.1 Å². The summed E-state index contributed by atoms with van der Waals surface area (Å²) in [5, 5.41) is 42.5. The Bertz CT molecular complexity index is 1170. The Labute approximate surface area is 205 Å². The largest absolute Gasteiger partial charge is 0.389 e. The zero-order valence-electron chi connectivity index (χ0n) is 20.4. The summed E-state index contributed by atoms with van der Waals surface area (Å²) in [6.45, 7) is 2.22. The number of alkyl halides is 1. The van der Waals surface area contributed by atoms with Crippen molar-refractivity contribution in [2.24, 2.45) is 11.3 Å². The number of hydrogen-bond acceptors (Lipinski definition) is 6. The van der Waals surface area contributed by atoms with Gasteiger partial charge in [0.2, 0.25) is 0 Å². The molecule has 0 aromatic heterocycles. The molecule has 2 spiro atoms. The highest BCUT2D eigenvalue weighted by Crippen LogP contribution is 2.70. The van der Waals surface area contributed by atoms with Crippen molar-refractivity contribution in [3.8, 4) is 6.07 Å². The van der Waals surface area contributed by atoms with E-state index in [2.05, 4.69) is 19.1 Å². The summed E-state index contributed by atoms with van der Waals surface area (Å²) in [7, 11) is 3.61. The molecule has 7 heteroatoms. The number of aliphatic hydroxyl groups is 3. The summed E-state index contributed by atoms with van der Waals surface area (Å²) >= 11 is 0. The molecular weight excluding hydrogens is 447 g/mol. The molecule has 35 heavy (non-hydrogen) atoms. The zero-order chi connectivity index (χ0) is 25.0. The maximum Gasteiger partial charge on any atom is 0.197 e. The van der Waals surface area contributed by atoms with E-state index >= 15 is 4.39 Å². The summed E-state index contributed by atoms with van der Waals surface area (Å²) in [4.78, 5) is 1.80. The molecule has 2 saturated heterocycles. The molecule has 6 nitrogen and oxygen atoms in total. The lowest BCUT2D eigenvalue weighted by atomic mass is 9.55. The maximum atomic E-state index is 16.9. The number of nitriles is 1. The number of rotatable bonds is 2. The molecule has 0 amide bonds. The molecule has 5 aliphatic rings. The lowest BCUT2D eigenvalue weighted by molar-refractivity contribution is -0.308. The molecule has 2 bridgehead atoms. The molecular formula is C28H33FN2O4. The molecule has 2 aliphatic heterocycles. The quantitative estimate of drug-likeness (QED) is 0.564. The van der Waals surface area contributed by atoms with Crippen LogP contribution in [0.4, 0.5) is 4.39 Å². The summed E-state index contributed by atoms with van der Waals surface area (Å²) in [6.07, 6.45) is 2.07. The third-order valence-corrected chi connectivity index (χ3v) is 10.1. The highest BCUT2D eigenvalue weighted by Gasteiger charge is 2.79. The van der Waals surface area contributed by atoms with Crippen molar-refractivity contribution in [2.75, 3.05) is 14.1 Å². The fourth-order valence-corrected chi connectivity index (χ4v) is 8.25. The normalized spacial score (nSPS) is 47.9. The van der Waals surface area contributed by atoms with Crippen LogP contribution in [0.25, 0.3) is 5.57 Å². The first-order valence-electron chi connectivity index (χ1n) is 12.6. The number of fused-ring (bicyclic) bond motifs is 1. The van der Waals surface area contributed by atoms with Gasteiger partial charge in [0.25, 0.3) is 0 Å². The SMILES string of the molecule is CN(C)C1CC23CCC4(O2)C(=CCC2(C)C(c5ccc(C#N)cc5)=CCC24)C(O)C3(F)C(O)C1O. The number of allylic oxidation sites excluding steroid dienone is 3. The Morgan fingerprint density at radius 3 is 2.49 bits per heavy atom. The van der Waals surface area contributed by atoms with Gasteiger partial charge in [-0.15, -0.1) is 0 Å². The molecule has 1 aromatic carbocycles. The predicted molar refractivity (Wildman–Crippen MR) is 128 cm³/mol. The van der Waals surface area contributed by atoms with Crippen LogP contribution in [0.2, 0.25) is 0 Å². The number of ether oxygens (including phenoxy) is 1. The van der Waals surface area contributed by atoms with Crippen LogP contribution in [0.1, 0.15) is 50.2 Å². The van der Waals surface area contributed by atoms with Crippen molar-refractivity contribution in [1.29, 1.82) is 5.26 Å². The third kappa shape index (κ3) is 2.65. The number of likely N-dealkylation sites (N-methyl/N-ethyl adjacent to an activating group) is 1. The van der Waals surface area contributed by atoms with Gasteiger partial charge in [-0.2, -0.15) is 5.26 Å². The van der Waals surface area contributed by atoms with Crippen LogP contribution in [0.15, 0.2) is 42.0 Å². The van der Waals surface area contributed by atoms with Crippen LogP contribution in [-0.4, -0.2) is 75.5 Å². The van der Waals surface area contributed by atoms with Gasteiger partial charge in [0.15, 0.2) is 5.67 Å². The Morgan fingerprint density at radius 1 is 1.11 bits per heavy atom. The summed E-state index contributed by atoms with van der Waals surface area (Å²) < 4.78 is 23.8. The number of nitrogens with zero attached hydrogens (tertiary/aromatic N) is 2. The summed E-state index contributed by atoms with van der Waals surface area (Å²) in [5.41, 5.74) is -1.53. The second kappa shape index (κ2) is 7.24. The summed E-state index contributed by atoms with van der Waals surface area (Å²) in [6, 6.07) is 9.30. The molecule has 9 atom stereocenters. The van der Waals surface area contributed by atoms with Crippen molar-refractivity contribution >= 4 is 5.57 Å². The maximum absolute atomic E-state index is 16.9. The van der Waals surface area contributed by atoms with Crippen LogP contribution in [0.5, 0.6) is 0 Å². The highest BCUT2D eigenvalue weighted by atomic mass is 19.1. The van der Waals surface area contributed by atoms with E-state index < -0.39 is 41.2 Å². The number of benzene rings is 1. The molecule has 1 saturated carbocycles. The van der Waals surface area contributed by atoms with Crippen LogP contribution in [0, 0.1) is 22.7 Å². The van der Waals surface area contributed by atoms with E-state index in [4.69, 9.17) is 4.74 Å². The van der Waals surface area contributed by atoms with Gasteiger partial charge in [-0.3, -0.25) is 0 Å². The molecule has 1 aromatic rings. The van der Waals surface area contributed by atoms with E-state index in [1.165, 1.54) is 5.57 Å². The van der Waals surface area contributed by atoms with Gasteiger partial charge in [0.05, 0.1) is 23.3 Å². The second-order valence-electron chi connectivity index (χ2n) is 11.7. The Balaban J connectivity index is 1.43. The smallest absolute Gasteiger partial charge is 0.197 e. The molecule has 9 unspecified atom stereocenters. The zero-order valence-corrected chi connectivity index (χ0v) is 20.4. The fraction of sp³-hybridized carbons (Fsp3) is 0.607. The number of hydrogen-bond donors (Lipinski definition) is 3. The highest BCUT2D eigenvalue weighted by molar-refractivity contribution is 5.74. The van der Waals surface area contributed by atoms with E-state index in [0.717, 1.165) is 12.0 Å². The van der Waals surface area contributed by atoms with Crippen molar-refractivity contribution in [1.82, 2.24) is 4.90 Å². The molecule has 3 N–H and O–H groups in total. The van der Waals surface area contributed by atoms with Crippen LogP contribution in [0.3, 0.4) is 0 Å². The van der Waals surface area contributed by atoms with E-state index in [9.17, 15) is 20.6 Å². The molecule has 6 rings (SSSR count). The van der Waals surface area contributed by atoms with E-state index in [-0.39, 0.29) is 17.8 Å². The summed E-state index contributed by atoms with van der Waals surface area (Å²) in [5.74, 6) is 0.0148. The average Bonchev–Trinajstić information content (AvgIpc) is 3.38. The number of halogens is 1. The minimum absolute atomic E-state index is 0.0148. The minimum atomic E-state index is -2.47. The van der Waals surface area contributed by atoms with Crippen LogP contribution >= 0.6 is 0 Å². The lowest BCUT2D eigenvalue weighted by Crippen LogP contribution is -2.78. The lowest BCUT2D eigenvalue weighted by Gasteiger charge is -2.62. The number of aliphatic hydroxyl groups excluding tert-OH is 3. The van der Waals surface area contributed by atoms with E-state index in [1.807, 2.05) is 30.3 Å². The first-order valence-corrected chi connectivity index (χ1v) is 12.6. The topological polar surface area (TPSA) is 97.0 Å². The van der Waals surface area contributed by atoms with Gasteiger partial charge in [-0.1, -0.05) is 31.2 Å². The van der Waals surface area contributed by atoms with Gasteiger partial charge >= 0.3 is 0 Å². The first-order chi connectivity index (χ1) is 16.5.